The van der Waals surface area contributed by atoms with Crippen LogP contribution in [0.1, 0.15) is 59.4 Å². The number of aliphatic hydroxyl groups is 1. The third kappa shape index (κ3) is 10.7. The van der Waals surface area contributed by atoms with Crippen molar-refractivity contribution in [2.45, 2.75) is 78.6 Å². The molecule has 0 aliphatic carbocycles. The highest BCUT2D eigenvalue weighted by atomic mass is 31.2. The number of nitrogens with one attached hydrogen (secondary N) is 1. The SMILES string of the molecule is CO[C@H]1C[C@H](C)Cc2cc(cc(OP(=O)(O)O)c2)NC(=O)C(C)=CCC[C@H](C)[C@@H](OC(N)=O)C(C)=C[C@H](C)[C@H]1O. The lowest BCUT2D eigenvalue weighted by Gasteiger charge is -2.29. The molecule has 224 valence electrons. The number of rotatable bonds is 4. The predicted octanol–water partition coefficient (Wildman–Crippen LogP) is 4.46. The Morgan fingerprint density at radius 1 is 1.15 bits per heavy atom. The molecule has 1 heterocycles. The lowest BCUT2D eigenvalue weighted by Crippen LogP contribution is -2.35. The first kappa shape index (κ1) is 33.5. The Hall–Kier alpha value is -2.69. The highest BCUT2D eigenvalue weighted by Gasteiger charge is 2.28. The molecule has 1 aromatic carbocycles. The zero-order valence-electron chi connectivity index (χ0n) is 24.0. The average molecular weight is 583 g/mol. The topological polar surface area (TPSA) is 178 Å². The van der Waals surface area contributed by atoms with Crippen LogP contribution >= 0.6 is 7.82 Å². The fraction of sp³-hybridized carbons (Fsp3) is 0.571. The molecule has 0 spiro atoms. The maximum atomic E-state index is 12.9. The lowest BCUT2D eigenvalue weighted by atomic mass is 9.87. The van der Waals surface area contributed by atoms with Crippen LogP contribution in [-0.4, -0.2) is 52.3 Å². The number of carbonyl (C=O) groups excluding carboxylic acids is 2. The number of primary amides is 1. The summed E-state index contributed by atoms with van der Waals surface area (Å²) in [5.41, 5.74) is 7.56. The largest absolute Gasteiger partial charge is 0.524 e. The molecular weight excluding hydrogens is 539 g/mol. The second-order valence-electron chi connectivity index (χ2n) is 10.8. The van der Waals surface area contributed by atoms with Gasteiger partial charge in [0.25, 0.3) is 5.91 Å². The highest BCUT2D eigenvalue weighted by molar-refractivity contribution is 7.46. The maximum Gasteiger partial charge on any atom is 0.524 e. The first-order chi connectivity index (χ1) is 18.6. The Bertz CT molecular complexity index is 1150. The van der Waals surface area contributed by atoms with Crippen molar-refractivity contribution >= 4 is 25.5 Å². The lowest BCUT2D eigenvalue weighted by molar-refractivity contribution is -0.112. The van der Waals surface area contributed by atoms with E-state index in [2.05, 4.69) is 5.32 Å². The quantitative estimate of drug-likeness (QED) is 0.253. The van der Waals surface area contributed by atoms with E-state index in [-0.39, 0.29) is 29.4 Å². The average Bonchev–Trinajstić information content (AvgIpc) is 2.83. The Labute approximate surface area is 236 Å². The molecule has 0 unspecified atom stereocenters. The van der Waals surface area contributed by atoms with Crippen LogP contribution in [0.25, 0.3) is 0 Å². The van der Waals surface area contributed by atoms with Gasteiger partial charge in [-0.25, -0.2) is 9.36 Å². The molecule has 2 amide bonds. The molecule has 0 aromatic heterocycles. The standard InChI is InChI=1S/C28H43N2O9P/c1-16-10-21-13-22(15-23(14-21)39-40(34,35)36)30-27(32)18(3)9-7-8-17(2)26(38-28(29)33)20(5)12-19(4)25(31)24(11-16)37-6/h9,12-17,19,24-26,31H,7-8,10-11H2,1-6H3,(H2,29,33)(H,30,32)(H2,34,35,36)/t16-,17+,19+,24+,25-,26-/m1/s1. The molecular formula is C28H43N2O9P. The van der Waals surface area contributed by atoms with Crippen LogP contribution in [-0.2, 0) is 25.3 Å². The van der Waals surface area contributed by atoms with Crippen molar-refractivity contribution in [3.05, 3.63) is 47.1 Å². The van der Waals surface area contributed by atoms with E-state index >= 15 is 0 Å². The second kappa shape index (κ2) is 14.8. The number of aliphatic hydroxyl groups excluding tert-OH is 1. The summed E-state index contributed by atoms with van der Waals surface area (Å²) in [6.45, 7) is 9.24. The van der Waals surface area contributed by atoms with Crippen molar-refractivity contribution in [1.82, 2.24) is 0 Å². The minimum Gasteiger partial charge on any atom is -0.442 e. The highest BCUT2D eigenvalue weighted by Crippen LogP contribution is 2.39. The summed E-state index contributed by atoms with van der Waals surface area (Å²) in [7, 11) is -3.30. The van der Waals surface area contributed by atoms with Crippen molar-refractivity contribution in [1.29, 1.82) is 0 Å². The van der Waals surface area contributed by atoms with E-state index in [4.69, 9.17) is 19.7 Å². The fourth-order valence-electron chi connectivity index (χ4n) is 5.06. The second-order valence-corrected chi connectivity index (χ2v) is 11.9. The monoisotopic (exact) mass is 582 g/mol. The van der Waals surface area contributed by atoms with Crippen molar-refractivity contribution < 1.29 is 43.0 Å². The summed E-state index contributed by atoms with van der Waals surface area (Å²) in [5.74, 6) is -0.950. The molecule has 1 aliphatic heterocycles. The molecule has 6 N–H and O–H groups in total. The Balaban J connectivity index is 2.50. The first-order valence-electron chi connectivity index (χ1n) is 13.3. The van der Waals surface area contributed by atoms with Gasteiger partial charge < -0.3 is 30.2 Å². The number of phosphoric ester groups is 1. The molecule has 11 nitrogen and oxygen atoms in total. The number of anilines is 1. The van der Waals surface area contributed by atoms with Gasteiger partial charge in [0.1, 0.15) is 11.9 Å². The molecule has 2 rings (SSSR count). The van der Waals surface area contributed by atoms with E-state index in [1.54, 1.807) is 19.1 Å². The molecule has 1 aliphatic rings. The molecule has 12 heteroatoms. The van der Waals surface area contributed by atoms with Gasteiger partial charge in [0, 0.05) is 30.4 Å². The summed E-state index contributed by atoms with van der Waals surface area (Å²) in [6, 6.07) is 4.60. The van der Waals surface area contributed by atoms with Gasteiger partial charge in [0.15, 0.2) is 0 Å². The van der Waals surface area contributed by atoms with Crippen LogP contribution in [0.3, 0.4) is 0 Å². The Kier molecular flexibility index (Phi) is 12.4. The number of nitrogens with two attached hydrogens (primary N) is 1. The summed E-state index contributed by atoms with van der Waals surface area (Å²) in [5, 5.41) is 13.9. The fourth-order valence-corrected chi connectivity index (χ4v) is 5.44. The zero-order chi connectivity index (χ0) is 30.2. The zero-order valence-corrected chi connectivity index (χ0v) is 24.9. The third-order valence-electron chi connectivity index (χ3n) is 7.05. The number of benzene rings is 1. The number of fused-ring (bicyclic) bond motifs is 2. The van der Waals surface area contributed by atoms with Gasteiger partial charge in [-0.05, 0) is 74.6 Å². The third-order valence-corrected chi connectivity index (χ3v) is 7.50. The van der Waals surface area contributed by atoms with E-state index in [1.807, 2.05) is 33.8 Å². The summed E-state index contributed by atoms with van der Waals surface area (Å²) in [4.78, 5) is 43.2. The van der Waals surface area contributed by atoms with Crippen molar-refractivity contribution in [2.75, 3.05) is 12.4 Å². The van der Waals surface area contributed by atoms with Gasteiger partial charge in [-0.15, -0.1) is 0 Å². The summed E-state index contributed by atoms with van der Waals surface area (Å²) in [6.07, 6.45) is 2.78. The van der Waals surface area contributed by atoms with Crippen LogP contribution in [0.15, 0.2) is 41.5 Å². The maximum absolute atomic E-state index is 12.9. The van der Waals surface area contributed by atoms with Gasteiger partial charge in [0.2, 0.25) is 0 Å². The van der Waals surface area contributed by atoms with Crippen molar-refractivity contribution in [3.8, 4) is 5.75 Å². The molecule has 0 radical (unpaired) electrons. The van der Waals surface area contributed by atoms with Gasteiger partial charge in [-0.1, -0.05) is 32.9 Å². The van der Waals surface area contributed by atoms with Gasteiger partial charge in [0.05, 0.1) is 12.2 Å². The Morgan fingerprint density at radius 3 is 2.42 bits per heavy atom. The minimum atomic E-state index is -4.83. The molecule has 2 bridgehead atoms. The number of methoxy groups -OCH3 is 1. The molecule has 0 saturated heterocycles. The van der Waals surface area contributed by atoms with Gasteiger partial charge in [-0.3, -0.25) is 14.6 Å². The first-order valence-corrected chi connectivity index (χ1v) is 14.8. The summed E-state index contributed by atoms with van der Waals surface area (Å²) < 4.78 is 27.4. The molecule has 0 saturated carbocycles. The number of allylic oxidation sites excluding steroid dienone is 1. The number of phosphoric acid groups is 1. The number of hydrogen-bond donors (Lipinski definition) is 5. The van der Waals surface area contributed by atoms with E-state index in [9.17, 15) is 29.0 Å². The van der Waals surface area contributed by atoms with Crippen molar-refractivity contribution in [3.63, 3.8) is 0 Å². The predicted molar refractivity (Wildman–Crippen MR) is 152 cm³/mol. The summed E-state index contributed by atoms with van der Waals surface area (Å²) >= 11 is 0. The molecule has 0 fully saturated rings. The molecule has 6 atom stereocenters. The van der Waals surface area contributed by atoms with Crippen molar-refractivity contribution in [2.24, 2.45) is 23.5 Å². The molecule has 1 aromatic rings. The van der Waals surface area contributed by atoms with E-state index < -0.39 is 32.2 Å². The minimum absolute atomic E-state index is 0.0274. The smallest absolute Gasteiger partial charge is 0.442 e. The number of ether oxygens (including phenoxy) is 2. The van der Waals surface area contributed by atoms with Crippen LogP contribution in [0.5, 0.6) is 5.75 Å². The number of carbonyl (C=O) groups is 2. The van der Waals surface area contributed by atoms with Gasteiger partial charge in [-0.2, -0.15) is 0 Å². The van der Waals surface area contributed by atoms with E-state index in [0.29, 0.717) is 42.5 Å². The van der Waals surface area contributed by atoms with Crippen LogP contribution in [0, 0.1) is 17.8 Å². The van der Waals surface area contributed by atoms with Crippen LogP contribution in [0.2, 0.25) is 0 Å². The molecule has 40 heavy (non-hydrogen) atoms. The number of hydrogen-bond acceptors (Lipinski definition) is 7. The van der Waals surface area contributed by atoms with E-state index in [0.717, 1.165) is 5.57 Å². The normalized spacial score (nSPS) is 27.7. The van der Waals surface area contributed by atoms with Gasteiger partial charge >= 0.3 is 13.9 Å². The van der Waals surface area contributed by atoms with E-state index in [1.165, 1.54) is 19.2 Å². The van der Waals surface area contributed by atoms with Crippen LogP contribution in [0.4, 0.5) is 10.5 Å². The number of amides is 2. The van der Waals surface area contributed by atoms with Crippen LogP contribution < -0.4 is 15.6 Å². The Morgan fingerprint density at radius 2 is 1.82 bits per heavy atom.